The summed E-state index contributed by atoms with van der Waals surface area (Å²) in [5.74, 6) is 5.34. The molecule has 2 aromatic rings. The van der Waals surface area contributed by atoms with E-state index in [0.717, 1.165) is 23.4 Å². The fourth-order valence-electron chi connectivity index (χ4n) is 2.24. The van der Waals surface area contributed by atoms with E-state index in [9.17, 15) is 4.39 Å². The maximum atomic E-state index is 13.3. The first-order chi connectivity index (χ1) is 9.97. The monoisotopic (exact) mass is 374 g/mol. The van der Waals surface area contributed by atoms with E-state index in [1.807, 2.05) is 14.0 Å². The maximum Gasteiger partial charge on any atom is 0.137 e. The van der Waals surface area contributed by atoms with Gasteiger partial charge in [0.15, 0.2) is 0 Å². The second-order valence-corrected chi connectivity index (χ2v) is 6.01. The van der Waals surface area contributed by atoms with Gasteiger partial charge < -0.3 is 0 Å². The number of hydrogen-bond donors (Lipinski definition) is 2. The fourth-order valence-corrected chi connectivity index (χ4v) is 3.00. The SMILES string of the molecule is CCc1nn(C)c(CC(NN)c2ccc(F)c(Br)c2)c1Cl. The van der Waals surface area contributed by atoms with Crippen LogP contribution < -0.4 is 11.3 Å². The van der Waals surface area contributed by atoms with Crippen molar-refractivity contribution in [3.05, 3.63) is 50.5 Å². The minimum atomic E-state index is -0.304. The molecule has 1 atom stereocenters. The van der Waals surface area contributed by atoms with Crippen LogP contribution in [-0.4, -0.2) is 9.78 Å². The molecule has 0 amide bonds. The molecule has 0 saturated heterocycles. The van der Waals surface area contributed by atoms with Crippen LogP contribution in [0.5, 0.6) is 0 Å². The molecule has 1 aromatic heterocycles. The van der Waals surface area contributed by atoms with Crippen LogP contribution in [0.1, 0.15) is 29.9 Å². The second-order valence-electron chi connectivity index (χ2n) is 4.78. The predicted molar refractivity (Wildman–Crippen MR) is 85.5 cm³/mol. The molecule has 0 aliphatic carbocycles. The summed E-state index contributed by atoms with van der Waals surface area (Å²) in [6.07, 6.45) is 1.34. The van der Waals surface area contributed by atoms with Crippen molar-refractivity contribution in [2.24, 2.45) is 12.9 Å². The first kappa shape index (κ1) is 16.4. The van der Waals surface area contributed by atoms with Gasteiger partial charge in [0.1, 0.15) is 5.82 Å². The summed E-state index contributed by atoms with van der Waals surface area (Å²) in [5.41, 5.74) is 5.39. The zero-order chi connectivity index (χ0) is 15.6. The number of hydrogen-bond acceptors (Lipinski definition) is 3. The highest BCUT2D eigenvalue weighted by Gasteiger charge is 2.19. The van der Waals surface area contributed by atoms with E-state index in [1.165, 1.54) is 6.07 Å². The number of nitrogens with two attached hydrogens (primary N) is 1. The Morgan fingerprint density at radius 2 is 2.24 bits per heavy atom. The third-order valence-electron chi connectivity index (χ3n) is 3.45. The number of benzene rings is 1. The van der Waals surface area contributed by atoms with Gasteiger partial charge in [-0.25, -0.2) is 4.39 Å². The third kappa shape index (κ3) is 3.45. The van der Waals surface area contributed by atoms with Gasteiger partial charge in [-0.1, -0.05) is 24.6 Å². The smallest absolute Gasteiger partial charge is 0.137 e. The lowest BCUT2D eigenvalue weighted by atomic mass is 10.0. The Bertz CT molecular complexity index is 644. The molecule has 1 unspecified atom stereocenters. The standard InChI is InChI=1S/C14H17BrClFN4/c1-3-11-14(16)13(21(2)20-11)7-12(19-18)8-4-5-10(17)9(15)6-8/h4-6,12,19H,3,7,18H2,1-2H3. The van der Waals surface area contributed by atoms with Crippen LogP contribution in [0.25, 0.3) is 0 Å². The highest BCUT2D eigenvalue weighted by atomic mass is 79.9. The summed E-state index contributed by atoms with van der Waals surface area (Å²) < 4.78 is 15.5. The summed E-state index contributed by atoms with van der Waals surface area (Å²) >= 11 is 9.54. The van der Waals surface area contributed by atoms with Crippen LogP contribution in [0.4, 0.5) is 4.39 Å². The molecule has 0 aliphatic heterocycles. The summed E-state index contributed by atoms with van der Waals surface area (Å²) in [6.45, 7) is 2.01. The van der Waals surface area contributed by atoms with Crippen LogP contribution in [0.15, 0.2) is 22.7 Å². The van der Waals surface area contributed by atoms with Gasteiger partial charge in [0.2, 0.25) is 0 Å². The summed E-state index contributed by atoms with van der Waals surface area (Å²) in [6, 6.07) is 4.64. The molecule has 4 nitrogen and oxygen atoms in total. The van der Waals surface area contributed by atoms with Gasteiger partial charge in [-0.15, -0.1) is 0 Å². The molecule has 0 aliphatic rings. The van der Waals surface area contributed by atoms with E-state index >= 15 is 0 Å². The Kier molecular flexibility index (Phi) is 5.37. The fraction of sp³-hybridized carbons (Fsp3) is 0.357. The zero-order valence-corrected chi connectivity index (χ0v) is 14.2. The van der Waals surface area contributed by atoms with Crippen LogP contribution in [0.3, 0.4) is 0 Å². The largest absolute Gasteiger partial charge is 0.271 e. The van der Waals surface area contributed by atoms with Crippen molar-refractivity contribution in [1.29, 1.82) is 0 Å². The van der Waals surface area contributed by atoms with Gasteiger partial charge in [-0.3, -0.25) is 16.0 Å². The van der Waals surface area contributed by atoms with Gasteiger partial charge in [-0.2, -0.15) is 5.10 Å². The van der Waals surface area contributed by atoms with Crippen molar-refractivity contribution in [3.63, 3.8) is 0 Å². The van der Waals surface area contributed by atoms with Crippen molar-refractivity contribution < 1.29 is 4.39 Å². The van der Waals surface area contributed by atoms with E-state index < -0.39 is 0 Å². The average Bonchev–Trinajstić information content (AvgIpc) is 2.74. The number of halogens is 3. The molecule has 0 fully saturated rings. The minimum Gasteiger partial charge on any atom is -0.271 e. The van der Waals surface area contributed by atoms with Gasteiger partial charge in [0.25, 0.3) is 0 Å². The number of rotatable bonds is 5. The third-order valence-corrected chi connectivity index (χ3v) is 4.49. The Morgan fingerprint density at radius 1 is 1.52 bits per heavy atom. The number of aromatic nitrogens is 2. The molecule has 0 bridgehead atoms. The lowest BCUT2D eigenvalue weighted by molar-refractivity contribution is 0.527. The first-order valence-electron chi connectivity index (χ1n) is 6.59. The zero-order valence-electron chi connectivity index (χ0n) is 11.8. The van der Waals surface area contributed by atoms with Crippen LogP contribution >= 0.6 is 27.5 Å². The number of nitrogens with one attached hydrogen (secondary N) is 1. The lowest BCUT2D eigenvalue weighted by Crippen LogP contribution is -2.30. The van der Waals surface area contributed by atoms with E-state index in [-0.39, 0.29) is 11.9 Å². The molecule has 1 heterocycles. The molecule has 7 heteroatoms. The average molecular weight is 376 g/mol. The second kappa shape index (κ2) is 6.87. The molecule has 3 N–H and O–H groups in total. The lowest BCUT2D eigenvalue weighted by Gasteiger charge is -2.17. The number of aryl methyl sites for hydroxylation is 2. The van der Waals surface area contributed by atoms with E-state index in [1.54, 1.807) is 16.8 Å². The molecule has 1 aromatic carbocycles. The van der Waals surface area contributed by atoms with Crippen LogP contribution in [0, 0.1) is 5.82 Å². The Hall–Kier alpha value is -0.950. The molecular formula is C14H17BrClFN4. The Morgan fingerprint density at radius 3 is 2.76 bits per heavy atom. The molecule has 114 valence electrons. The number of nitrogens with zero attached hydrogens (tertiary/aromatic N) is 2. The molecule has 0 saturated carbocycles. The van der Waals surface area contributed by atoms with Crippen molar-refractivity contribution in [1.82, 2.24) is 15.2 Å². The molecule has 21 heavy (non-hydrogen) atoms. The Balaban J connectivity index is 2.31. The van der Waals surface area contributed by atoms with Gasteiger partial charge in [-0.05, 0) is 40.0 Å². The van der Waals surface area contributed by atoms with Gasteiger partial charge in [0, 0.05) is 13.5 Å². The van der Waals surface area contributed by atoms with Crippen LogP contribution in [-0.2, 0) is 19.9 Å². The van der Waals surface area contributed by atoms with Crippen molar-refractivity contribution in [2.75, 3.05) is 0 Å². The molecular weight excluding hydrogens is 359 g/mol. The summed E-state index contributed by atoms with van der Waals surface area (Å²) in [4.78, 5) is 0. The van der Waals surface area contributed by atoms with Crippen molar-refractivity contribution in [3.8, 4) is 0 Å². The van der Waals surface area contributed by atoms with E-state index in [4.69, 9.17) is 17.4 Å². The summed E-state index contributed by atoms with van der Waals surface area (Å²) in [7, 11) is 1.86. The van der Waals surface area contributed by atoms with Crippen molar-refractivity contribution >= 4 is 27.5 Å². The molecule has 2 rings (SSSR count). The minimum absolute atomic E-state index is 0.181. The topological polar surface area (TPSA) is 55.9 Å². The van der Waals surface area contributed by atoms with Crippen LogP contribution in [0.2, 0.25) is 5.02 Å². The molecule has 0 spiro atoms. The molecule has 0 radical (unpaired) electrons. The summed E-state index contributed by atoms with van der Waals surface area (Å²) in [5, 5.41) is 5.06. The van der Waals surface area contributed by atoms with Gasteiger partial charge >= 0.3 is 0 Å². The van der Waals surface area contributed by atoms with E-state index in [0.29, 0.717) is 15.9 Å². The van der Waals surface area contributed by atoms with Crippen molar-refractivity contribution in [2.45, 2.75) is 25.8 Å². The predicted octanol–water partition coefficient (Wildman–Crippen LogP) is 3.28. The maximum absolute atomic E-state index is 13.3. The highest BCUT2D eigenvalue weighted by molar-refractivity contribution is 9.10. The van der Waals surface area contributed by atoms with E-state index in [2.05, 4.69) is 26.5 Å². The number of hydrazine groups is 1. The Labute approximate surface area is 136 Å². The normalized spacial score (nSPS) is 12.7. The highest BCUT2D eigenvalue weighted by Crippen LogP contribution is 2.28. The quantitative estimate of drug-likeness (QED) is 0.623. The first-order valence-corrected chi connectivity index (χ1v) is 7.76. The van der Waals surface area contributed by atoms with Gasteiger partial charge in [0.05, 0.1) is 26.9 Å².